The van der Waals surface area contributed by atoms with Gasteiger partial charge in [0.05, 0.1) is 13.1 Å². The zero-order chi connectivity index (χ0) is 26.4. The van der Waals surface area contributed by atoms with Crippen LogP contribution in [0.5, 0.6) is 0 Å². The maximum Gasteiger partial charge on any atom is 0.334 e. The number of nitrogens with one attached hydrogen (secondary N) is 1. The van der Waals surface area contributed by atoms with Crippen LogP contribution in [0.3, 0.4) is 0 Å². The van der Waals surface area contributed by atoms with E-state index in [1.54, 1.807) is 14.9 Å². The summed E-state index contributed by atoms with van der Waals surface area (Å²) in [6.07, 6.45) is 1.04. The van der Waals surface area contributed by atoms with Crippen LogP contribution in [0.4, 0.5) is 4.79 Å². The van der Waals surface area contributed by atoms with Crippen LogP contribution in [0.2, 0.25) is 0 Å². The van der Waals surface area contributed by atoms with Gasteiger partial charge in [0, 0.05) is 25.5 Å². The lowest BCUT2D eigenvalue weighted by molar-refractivity contribution is -0.192. The first-order valence-electron chi connectivity index (χ1n) is 13.0. The summed E-state index contributed by atoms with van der Waals surface area (Å²) in [6.45, 7) is 5.52. The molecule has 37 heavy (non-hydrogen) atoms. The Balaban J connectivity index is 1.56. The highest BCUT2D eigenvalue weighted by Gasteiger charge is 2.52. The average molecular weight is 526 g/mol. The van der Waals surface area contributed by atoms with Gasteiger partial charge in [0.15, 0.2) is 0 Å². The Bertz CT molecular complexity index is 1070. The number of hydrogen-bond acceptors (Lipinski definition) is 4. The Labute approximate surface area is 224 Å². The number of likely N-dealkylation sites (N-methyl/N-ethyl adjacent to an activating group) is 1. The van der Waals surface area contributed by atoms with E-state index in [2.05, 4.69) is 17.4 Å². The number of hydrogen-bond donors (Lipinski definition) is 1. The van der Waals surface area contributed by atoms with Gasteiger partial charge >= 0.3 is 6.03 Å². The van der Waals surface area contributed by atoms with E-state index in [0.29, 0.717) is 19.6 Å². The summed E-state index contributed by atoms with van der Waals surface area (Å²) >= 11 is 6.22. The highest BCUT2D eigenvalue weighted by molar-refractivity contribution is 6.18. The molecule has 0 bridgehead atoms. The second kappa shape index (κ2) is 12.4. The van der Waals surface area contributed by atoms with Gasteiger partial charge in [-0.3, -0.25) is 9.59 Å². The first kappa shape index (κ1) is 26.9. The predicted molar refractivity (Wildman–Crippen MR) is 143 cm³/mol. The third-order valence-electron chi connectivity index (χ3n) is 7.14. The fourth-order valence-corrected chi connectivity index (χ4v) is 5.36. The number of aryl methyl sites for hydroxylation is 1. The van der Waals surface area contributed by atoms with Crippen molar-refractivity contribution >= 4 is 29.4 Å². The molecule has 0 spiro atoms. The van der Waals surface area contributed by atoms with Crippen LogP contribution in [-0.4, -0.2) is 81.9 Å². The molecule has 2 fully saturated rings. The second-order valence-electron chi connectivity index (χ2n) is 9.70. The molecule has 1 N–H and O–H groups in total. The molecule has 0 aliphatic carbocycles. The number of carbonyl (C=O) groups is 3. The molecule has 2 aromatic carbocycles. The summed E-state index contributed by atoms with van der Waals surface area (Å²) in [5, 5.41) is 6.41. The monoisotopic (exact) mass is 525 g/mol. The first-order chi connectivity index (χ1) is 17.9. The maximum absolute atomic E-state index is 13.6. The number of fused-ring (bicyclic) bond motifs is 1. The van der Waals surface area contributed by atoms with E-state index < -0.39 is 12.2 Å². The van der Waals surface area contributed by atoms with Crippen LogP contribution in [0.1, 0.15) is 31.4 Å². The zero-order valence-electron chi connectivity index (χ0n) is 21.6. The van der Waals surface area contributed by atoms with Crippen LogP contribution in [0.15, 0.2) is 60.7 Å². The summed E-state index contributed by atoms with van der Waals surface area (Å²) < 4.78 is 0. The number of amides is 4. The first-order valence-corrected chi connectivity index (χ1v) is 13.5. The molecule has 4 rings (SSSR count). The molecular weight excluding hydrogens is 490 g/mol. The Morgan fingerprint density at radius 2 is 1.70 bits per heavy atom. The minimum absolute atomic E-state index is 0.0402. The molecule has 2 heterocycles. The van der Waals surface area contributed by atoms with Crippen molar-refractivity contribution in [3.63, 3.8) is 0 Å². The van der Waals surface area contributed by atoms with E-state index in [0.717, 1.165) is 18.4 Å². The number of urea groups is 1. The maximum atomic E-state index is 13.6. The van der Waals surface area contributed by atoms with Crippen molar-refractivity contribution in [3.8, 4) is 0 Å². The molecule has 2 saturated heterocycles. The SMILES string of the molecule is CCN1CC(=O)N2[C@@H](C(C)CCl)C(=O)N(CCCc3ccccc3)C[C@@H]2N1C(=O)NCc1ccccc1. The molecule has 0 saturated carbocycles. The lowest BCUT2D eigenvalue weighted by Gasteiger charge is -2.56. The normalized spacial score (nSPS) is 21.1. The van der Waals surface area contributed by atoms with Crippen LogP contribution >= 0.6 is 11.6 Å². The molecule has 2 aliphatic heterocycles. The van der Waals surface area contributed by atoms with E-state index in [-0.39, 0.29) is 42.7 Å². The van der Waals surface area contributed by atoms with Crippen LogP contribution in [0.25, 0.3) is 0 Å². The molecular formula is C28H36ClN5O3. The van der Waals surface area contributed by atoms with Gasteiger partial charge in [-0.1, -0.05) is 74.5 Å². The van der Waals surface area contributed by atoms with Crippen molar-refractivity contribution in [2.75, 3.05) is 32.1 Å². The summed E-state index contributed by atoms with van der Waals surface area (Å²) in [7, 11) is 0. The van der Waals surface area contributed by atoms with Crippen molar-refractivity contribution in [1.82, 2.24) is 25.1 Å². The van der Waals surface area contributed by atoms with Crippen molar-refractivity contribution in [3.05, 3.63) is 71.8 Å². The third kappa shape index (κ3) is 6.08. The number of piperazine rings is 1. The summed E-state index contributed by atoms with van der Waals surface area (Å²) in [5.74, 6) is -0.263. The predicted octanol–water partition coefficient (Wildman–Crippen LogP) is 3.32. The van der Waals surface area contributed by atoms with E-state index >= 15 is 0 Å². The minimum Gasteiger partial charge on any atom is -0.337 e. The van der Waals surface area contributed by atoms with E-state index in [4.69, 9.17) is 11.6 Å². The Kier molecular flexibility index (Phi) is 9.05. The largest absolute Gasteiger partial charge is 0.337 e. The number of alkyl halides is 1. The molecule has 2 aromatic rings. The molecule has 8 nitrogen and oxygen atoms in total. The number of hydrazine groups is 1. The van der Waals surface area contributed by atoms with Crippen molar-refractivity contribution in [1.29, 1.82) is 0 Å². The smallest absolute Gasteiger partial charge is 0.334 e. The van der Waals surface area contributed by atoms with Crippen molar-refractivity contribution in [2.45, 2.75) is 45.4 Å². The summed E-state index contributed by atoms with van der Waals surface area (Å²) in [6, 6.07) is 18.9. The Morgan fingerprint density at radius 3 is 2.32 bits per heavy atom. The van der Waals surface area contributed by atoms with E-state index in [9.17, 15) is 14.4 Å². The second-order valence-corrected chi connectivity index (χ2v) is 10.0. The number of rotatable bonds is 9. The molecule has 2 aliphatic rings. The van der Waals surface area contributed by atoms with Gasteiger partial charge in [0.25, 0.3) is 0 Å². The lowest BCUT2D eigenvalue weighted by atomic mass is 9.95. The number of carbonyl (C=O) groups excluding carboxylic acids is 3. The summed E-state index contributed by atoms with van der Waals surface area (Å²) in [4.78, 5) is 43.9. The Morgan fingerprint density at radius 1 is 1.05 bits per heavy atom. The standard InChI is InChI=1S/C28H36ClN5O3/c1-3-32-20-25(35)33-24(34(32)28(37)30-18-23-13-8-5-9-14-23)19-31(27(36)26(33)21(2)17-29)16-10-15-22-11-6-4-7-12-22/h4-9,11-14,21,24,26H,3,10,15-20H2,1-2H3,(H,30,37)/t21?,24-,26-/m0/s1. The van der Waals surface area contributed by atoms with Crippen LogP contribution in [-0.2, 0) is 22.6 Å². The van der Waals surface area contributed by atoms with Crippen LogP contribution in [0, 0.1) is 5.92 Å². The quantitative estimate of drug-likeness (QED) is 0.510. The van der Waals surface area contributed by atoms with Gasteiger partial charge in [0.2, 0.25) is 11.8 Å². The minimum atomic E-state index is -0.705. The van der Waals surface area contributed by atoms with Gasteiger partial charge in [-0.25, -0.2) is 14.8 Å². The topological polar surface area (TPSA) is 76.2 Å². The fourth-order valence-electron chi connectivity index (χ4n) is 5.19. The molecule has 198 valence electrons. The number of halogens is 1. The van der Waals surface area contributed by atoms with Gasteiger partial charge in [-0.15, -0.1) is 11.6 Å². The summed E-state index contributed by atoms with van der Waals surface area (Å²) in [5.41, 5.74) is 2.20. The Hall–Kier alpha value is -3.10. The highest BCUT2D eigenvalue weighted by atomic mass is 35.5. The number of nitrogens with zero attached hydrogens (tertiary/aromatic N) is 4. The molecule has 0 radical (unpaired) electrons. The van der Waals surface area contributed by atoms with Crippen molar-refractivity contribution in [2.24, 2.45) is 5.92 Å². The van der Waals surface area contributed by atoms with Gasteiger partial charge in [0.1, 0.15) is 12.2 Å². The average Bonchev–Trinajstić information content (AvgIpc) is 2.93. The van der Waals surface area contributed by atoms with E-state index in [1.807, 2.05) is 67.3 Å². The number of benzene rings is 2. The molecule has 1 unspecified atom stereocenters. The zero-order valence-corrected chi connectivity index (χ0v) is 22.3. The third-order valence-corrected chi connectivity index (χ3v) is 7.63. The fraction of sp³-hybridized carbons (Fsp3) is 0.464. The van der Waals surface area contributed by atoms with Crippen molar-refractivity contribution < 1.29 is 14.4 Å². The van der Waals surface area contributed by atoms with Crippen LogP contribution < -0.4 is 5.32 Å². The van der Waals surface area contributed by atoms with Gasteiger partial charge < -0.3 is 15.1 Å². The lowest BCUT2D eigenvalue weighted by Crippen LogP contribution is -2.77. The van der Waals surface area contributed by atoms with Gasteiger partial charge in [-0.2, -0.15) is 0 Å². The van der Waals surface area contributed by atoms with E-state index in [1.165, 1.54) is 5.56 Å². The molecule has 3 atom stereocenters. The highest BCUT2D eigenvalue weighted by Crippen LogP contribution is 2.30. The molecule has 4 amide bonds. The molecule has 9 heteroatoms. The van der Waals surface area contributed by atoms with Gasteiger partial charge in [-0.05, 0) is 29.9 Å². The molecule has 0 aromatic heterocycles.